The van der Waals surface area contributed by atoms with Crippen molar-refractivity contribution in [2.45, 2.75) is 44.1 Å². The van der Waals surface area contributed by atoms with Gasteiger partial charge in [-0.05, 0) is 35.4 Å². The van der Waals surface area contributed by atoms with Gasteiger partial charge < -0.3 is 5.11 Å². The first kappa shape index (κ1) is 13.4. The maximum atomic E-state index is 10.4. The average molecular weight is 266 g/mol. The summed E-state index contributed by atoms with van der Waals surface area (Å²) in [5.74, 6) is 0.728. The molecule has 0 spiro atoms. The highest BCUT2D eigenvalue weighted by Crippen LogP contribution is 2.33. The summed E-state index contributed by atoms with van der Waals surface area (Å²) in [6, 6.07) is 18.4. The maximum Gasteiger partial charge on any atom is 0.104 e. The number of aliphatic hydroxyl groups is 1. The van der Waals surface area contributed by atoms with Gasteiger partial charge in [0, 0.05) is 0 Å². The fraction of sp³-hybridized carbons (Fsp3) is 0.368. The topological polar surface area (TPSA) is 20.2 Å². The minimum Gasteiger partial charge on any atom is -0.384 e. The minimum absolute atomic E-state index is 0.517. The Morgan fingerprint density at radius 2 is 1.35 bits per heavy atom. The molecule has 20 heavy (non-hydrogen) atoms. The standard InChI is InChI=1S/C19H22O/c20-19(17-9-5-2-6-10-17)18-13-11-16(12-14-18)15-7-3-1-4-8-15/h2,5-6,9-15,19-20H,1,3-4,7-8H2. The summed E-state index contributed by atoms with van der Waals surface area (Å²) in [5, 5.41) is 10.4. The molecule has 0 bridgehead atoms. The molecule has 1 saturated carbocycles. The van der Waals surface area contributed by atoms with Crippen molar-refractivity contribution in [2.24, 2.45) is 0 Å². The summed E-state index contributed by atoms with van der Waals surface area (Å²) in [6.45, 7) is 0. The summed E-state index contributed by atoms with van der Waals surface area (Å²) in [6.07, 6.45) is 6.23. The predicted molar refractivity (Wildman–Crippen MR) is 82.8 cm³/mol. The lowest BCUT2D eigenvalue weighted by Gasteiger charge is -2.22. The summed E-state index contributed by atoms with van der Waals surface area (Å²) in [7, 11) is 0. The zero-order chi connectivity index (χ0) is 13.8. The molecule has 1 unspecified atom stereocenters. The first-order chi connectivity index (χ1) is 9.84. The van der Waals surface area contributed by atoms with Crippen molar-refractivity contribution in [3.8, 4) is 0 Å². The number of benzene rings is 2. The molecule has 1 N–H and O–H groups in total. The molecule has 0 saturated heterocycles. The third-order valence-electron chi connectivity index (χ3n) is 4.44. The Kier molecular flexibility index (Phi) is 4.17. The molecule has 1 nitrogen and oxygen atoms in total. The average Bonchev–Trinajstić information content (AvgIpc) is 2.56. The van der Waals surface area contributed by atoms with Gasteiger partial charge in [0.2, 0.25) is 0 Å². The van der Waals surface area contributed by atoms with Gasteiger partial charge in [0.1, 0.15) is 6.10 Å². The molecule has 0 heterocycles. The van der Waals surface area contributed by atoms with Crippen molar-refractivity contribution in [1.82, 2.24) is 0 Å². The van der Waals surface area contributed by atoms with Crippen LogP contribution in [0, 0.1) is 0 Å². The molecule has 1 aliphatic carbocycles. The van der Waals surface area contributed by atoms with E-state index in [9.17, 15) is 5.11 Å². The lowest BCUT2D eigenvalue weighted by molar-refractivity contribution is 0.220. The number of rotatable bonds is 3. The monoisotopic (exact) mass is 266 g/mol. The number of hydrogen-bond donors (Lipinski definition) is 1. The van der Waals surface area contributed by atoms with Crippen LogP contribution in [-0.4, -0.2) is 5.11 Å². The van der Waals surface area contributed by atoms with Crippen molar-refractivity contribution in [2.75, 3.05) is 0 Å². The number of aliphatic hydroxyl groups excluding tert-OH is 1. The Labute approximate surface area is 121 Å². The molecular formula is C19H22O. The van der Waals surface area contributed by atoms with Crippen LogP contribution < -0.4 is 0 Å². The van der Waals surface area contributed by atoms with Crippen LogP contribution in [0.5, 0.6) is 0 Å². The van der Waals surface area contributed by atoms with Crippen molar-refractivity contribution in [3.63, 3.8) is 0 Å². The van der Waals surface area contributed by atoms with Crippen LogP contribution in [0.3, 0.4) is 0 Å². The van der Waals surface area contributed by atoms with Crippen molar-refractivity contribution >= 4 is 0 Å². The Morgan fingerprint density at radius 3 is 2.00 bits per heavy atom. The van der Waals surface area contributed by atoms with E-state index in [0.29, 0.717) is 0 Å². The van der Waals surface area contributed by atoms with Gasteiger partial charge >= 0.3 is 0 Å². The van der Waals surface area contributed by atoms with E-state index in [1.54, 1.807) is 0 Å². The van der Waals surface area contributed by atoms with Gasteiger partial charge in [0.15, 0.2) is 0 Å². The molecule has 1 heteroatoms. The molecule has 1 atom stereocenters. The van der Waals surface area contributed by atoms with Gasteiger partial charge in [-0.1, -0.05) is 73.9 Å². The van der Waals surface area contributed by atoms with E-state index in [2.05, 4.69) is 24.3 Å². The molecule has 1 fully saturated rings. The highest BCUT2D eigenvalue weighted by atomic mass is 16.3. The SMILES string of the molecule is OC(c1ccccc1)c1ccc(C2CCCCC2)cc1. The third kappa shape index (κ3) is 2.94. The fourth-order valence-corrected chi connectivity index (χ4v) is 3.21. The quantitative estimate of drug-likeness (QED) is 0.844. The van der Waals surface area contributed by atoms with Crippen molar-refractivity contribution in [1.29, 1.82) is 0 Å². The Hall–Kier alpha value is -1.60. The molecular weight excluding hydrogens is 244 g/mol. The van der Waals surface area contributed by atoms with E-state index in [-0.39, 0.29) is 0 Å². The van der Waals surface area contributed by atoms with Crippen molar-refractivity contribution in [3.05, 3.63) is 71.3 Å². The Bertz CT molecular complexity index is 523. The van der Waals surface area contributed by atoms with E-state index in [0.717, 1.165) is 17.0 Å². The Balaban J connectivity index is 1.75. The van der Waals surface area contributed by atoms with Gasteiger partial charge in [-0.25, -0.2) is 0 Å². The van der Waals surface area contributed by atoms with Gasteiger partial charge in [0.05, 0.1) is 0 Å². The second-order valence-corrected chi connectivity index (χ2v) is 5.81. The van der Waals surface area contributed by atoms with Crippen LogP contribution >= 0.6 is 0 Å². The van der Waals surface area contributed by atoms with Crippen LogP contribution in [0.25, 0.3) is 0 Å². The molecule has 0 amide bonds. The van der Waals surface area contributed by atoms with E-state index in [4.69, 9.17) is 0 Å². The van der Waals surface area contributed by atoms with Gasteiger partial charge in [-0.15, -0.1) is 0 Å². The summed E-state index contributed by atoms with van der Waals surface area (Å²) < 4.78 is 0. The molecule has 3 rings (SSSR count). The lowest BCUT2D eigenvalue weighted by Crippen LogP contribution is -2.05. The third-order valence-corrected chi connectivity index (χ3v) is 4.44. The predicted octanol–water partition coefficient (Wildman–Crippen LogP) is 4.82. The van der Waals surface area contributed by atoms with E-state index < -0.39 is 6.10 Å². The second kappa shape index (κ2) is 6.23. The summed E-state index contributed by atoms with van der Waals surface area (Å²) in [4.78, 5) is 0. The molecule has 2 aromatic rings. The van der Waals surface area contributed by atoms with Gasteiger partial charge in [-0.2, -0.15) is 0 Å². The smallest absolute Gasteiger partial charge is 0.104 e. The largest absolute Gasteiger partial charge is 0.384 e. The fourth-order valence-electron chi connectivity index (χ4n) is 3.21. The highest BCUT2D eigenvalue weighted by Gasteiger charge is 2.16. The Morgan fingerprint density at radius 1 is 0.750 bits per heavy atom. The van der Waals surface area contributed by atoms with E-state index >= 15 is 0 Å². The molecule has 0 aromatic heterocycles. The van der Waals surface area contributed by atoms with Crippen molar-refractivity contribution < 1.29 is 5.11 Å². The normalized spacial score (nSPS) is 17.9. The molecule has 0 radical (unpaired) electrons. The van der Waals surface area contributed by atoms with Crippen LogP contribution in [0.15, 0.2) is 54.6 Å². The van der Waals surface area contributed by atoms with Crippen LogP contribution in [0.1, 0.15) is 60.8 Å². The zero-order valence-electron chi connectivity index (χ0n) is 11.8. The van der Waals surface area contributed by atoms with Gasteiger partial charge in [-0.3, -0.25) is 0 Å². The zero-order valence-corrected chi connectivity index (χ0v) is 11.8. The second-order valence-electron chi connectivity index (χ2n) is 5.81. The van der Waals surface area contributed by atoms with Crippen LogP contribution in [0.2, 0.25) is 0 Å². The molecule has 0 aliphatic heterocycles. The minimum atomic E-state index is -0.517. The van der Waals surface area contributed by atoms with Gasteiger partial charge in [0.25, 0.3) is 0 Å². The first-order valence-electron chi connectivity index (χ1n) is 7.67. The van der Waals surface area contributed by atoms with E-state index in [1.165, 1.54) is 37.7 Å². The maximum absolute atomic E-state index is 10.4. The van der Waals surface area contributed by atoms with Crippen LogP contribution in [-0.2, 0) is 0 Å². The first-order valence-corrected chi connectivity index (χ1v) is 7.67. The van der Waals surface area contributed by atoms with E-state index in [1.807, 2.05) is 30.3 Å². The summed E-state index contributed by atoms with van der Waals surface area (Å²) >= 11 is 0. The molecule has 2 aromatic carbocycles. The number of hydrogen-bond acceptors (Lipinski definition) is 1. The molecule has 104 valence electrons. The van der Waals surface area contributed by atoms with Crippen LogP contribution in [0.4, 0.5) is 0 Å². The lowest BCUT2D eigenvalue weighted by atomic mass is 9.83. The summed E-state index contributed by atoms with van der Waals surface area (Å²) in [5.41, 5.74) is 3.38. The molecule has 1 aliphatic rings. The highest BCUT2D eigenvalue weighted by molar-refractivity contribution is 5.33.